The van der Waals surface area contributed by atoms with Crippen LogP contribution in [-0.2, 0) is 4.74 Å². The normalized spacial score (nSPS) is 10.3. The fraction of sp³-hybridized carbons (Fsp3) is 0.700. The van der Waals surface area contributed by atoms with Crippen LogP contribution in [0.25, 0.3) is 0 Å². The standard InChI is InChI=1S/C10H19N5O2/c1-4-15(6-7-16-3)9-12-8(11)13-10(14-9)17-5-2/h4-7H2,1-3H3,(H2,11,12,13,14). The van der Waals surface area contributed by atoms with E-state index in [0.29, 0.717) is 25.7 Å². The minimum atomic E-state index is 0.161. The third-order valence-electron chi connectivity index (χ3n) is 2.12. The van der Waals surface area contributed by atoms with Gasteiger partial charge in [0.15, 0.2) is 0 Å². The second-order valence-electron chi connectivity index (χ2n) is 3.28. The number of methoxy groups -OCH3 is 1. The minimum Gasteiger partial charge on any atom is -0.464 e. The van der Waals surface area contributed by atoms with Gasteiger partial charge in [-0.25, -0.2) is 0 Å². The molecule has 0 spiro atoms. The Balaban J connectivity index is 2.85. The highest BCUT2D eigenvalue weighted by Crippen LogP contribution is 2.12. The maximum atomic E-state index is 5.61. The van der Waals surface area contributed by atoms with Gasteiger partial charge in [0.05, 0.1) is 13.2 Å². The molecule has 0 saturated heterocycles. The van der Waals surface area contributed by atoms with Crippen molar-refractivity contribution >= 4 is 11.9 Å². The number of aromatic nitrogens is 3. The molecule has 0 aromatic carbocycles. The molecule has 0 aliphatic carbocycles. The van der Waals surface area contributed by atoms with Crippen LogP contribution < -0.4 is 15.4 Å². The average Bonchev–Trinajstić information content (AvgIpc) is 2.30. The first-order valence-corrected chi connectivity index (χ1v) is 5.59. The smallest absolute Gasteiger partial charge is 0.323 e. The van der Waals surface area contributed by atoms with Gasteiger partial charge >= 0.3 is 6.01 Å². The molecular weight excluding hydrogens is 222 g/mol. The Kier molecular flexibility index (Phi) is 5.41. The second-order valence-corrected chi connectivity index (χ2v) is 3.28. The lowest BCUT2D eigenvalue weighted by Crippen LogP contribution is -2.29. The quantitative estimate of drug-likeness (QED) is 0.735. The number of ether oxygens (including phenoxy) is 2. The Morgan fingerprint density at radius 1 is 1.24 bits per heavy atom. The molecular formula is C10H19N5O2. The summed E-state index contributed by atoms with van der Waals surface area (Å²) in [6.45, 7) is 6.43. The van der Waals surface area contributed by atoms with E-state index >= 15 is 0 Å². The van der Waals surface area contributed by atoms with Gasteiger partial charge in [-0.05, 0) is 13.8 Å². The van der Waals surface area contributed by atoms with Crippen LogP contribution >= 0.6 is 0 Å². The number of likely N-dealkylation sites (N-methyl/N-ethyl adjacent to an activating group) is 1. The highest BCUT2D eigenvalue weighted by Gasteiger charge is 2.11. The molecule has 1 aromatic heterocycles. The van der Waals surface area contributed by atoms with Crippen molar-refractivity contribution in [2.24, 2.45) is 0 Å². The molecule has 0 fully saturated rings. The topological polar surface area (TPSA) is 86.4 Å². The largest absolute Gasteiger partial charge is 0.464 e. The highest BCUT2D eigenvalue weighted by molar-refractivity contribution is 5.35. The number of hydrogen-bond acceptors (Lipinski definition) is 7. The van der Waals surface area contributed by atoms with Crippen molar-refractivity contribution in [2.75, 3.05) is 44.0 Å². The molecule has 0 bridgehead atoms. The molecule has 0 atom stereocenters. The van der Waals surface area contributed by atoms with Crippen LogP contribution in [0.4, 0.5) is 11.9 Å². The Bertz CT molecular complexity index is 347. The van der Waals surface area contributed by atoms with Gasteiger partial charge in [-0.3, -0.25) is 0 Å². The number of rotatable bonds is 7. The van der Waals surface area contributed by atoms with Crippen molar-refractivity contribution in [3.8, 4) is 6.01 Å². The summed E-state index contributed by atoms with van der Waals surface area (Å²) in [5.41, 5.74) is 5.61. The summed E-state index contributed by atoms with van der Waals surface area (Å²) in [5, 5.41) is 0. The monoisotopic (exact) mass is 241 g/mol. The number of nitrogens with zero attached hydrogens (tertiary/aromatic N) is 4. The van der Waals surface area contributed by atoms with E-state index in [1.807, 2.05) is 18.7 Å². The summed E-state index contributed by atoms with van der Waals surface area (Å²) in [6.07, 6.45) is 0. The number of nitrogen functional groups attached to an aromatic ring is 1. The van der Waals surface area contributed by atoms with Crippen molar-refractivity contribution in [1.29, 1.82) is 0 Å². The van der Waals surface area contributed by atoms with E-state index in [-0.39, 0.29) is 12.0 Å². The Labute approximate surface area is 101 Å². The summed E-state index contributed by atoms with van der Waals surface area (Å²) < 4.78 is 10.3. The van der Waals surface area contributed by atoms with E-state index < -0.39 is 0 Å². The fourth-order valence-corrected chi connectivity index (χ4v) is 1.30. The first-order chi connectivity index (χ1) is 8.21. The van der Waals surface area contributed by atoms with E-state index in [0.717, 1.165) is 6.54 Å². The van der Waals surface area contributed by atoms with Gasteiger partial charge in [0, 0.05) is 20.2 Å². The maximum absolute atomic E-state index is 5.61. The first-order valence-electron chi connectivity index (χ1n) is 5.59. The lowest BCUT2D eigenvalue weighted by molar-refractivity contribution is 0.205. The molecule has 17 heavy (non-hydrogen) atoms. The number of nitrogens with two attached hydrogens (primary N) is 1. The second kappa shape index (κ2) is 6.85. The van der Waals surface area contributed by atoms with Crippen LogP contribution in [0.2, 0.25) is 0 Å². The molecule has 0 unspecified atom stereocenters. The third kappa shape index (κ3) is 4.03. The SMILES string of the molecule is CCOc1nc(N)nc(N(CC)CCOC)n1. The molecule has 0 aliphatic heterocycles. The molecule has 1 aromatic rings. The lowest BCUT2D eigenvalue weighted by Gasteiger charge is -2.20. The van der Waals surface area contributed by atoms with Gasteiger partial charge in [0.2, 0.25) is 11.9 Å². The molecule has 0 amide bonds. The number of anilines is 2. The van der Waals surface area contributed by atoms with Crippen LogP contribution in [0.15, 0.2) is 0 Å². The molecule has 0 aliphatic rings. The summed E-state index contributed by atoms with van der Waals surface area (Å²) >= 11 is 0. The molecule has 1 rings (SSSR count). The van der Waals surface area contributed by atoms with Crippen LogP contribution in [0, 0.1) is 0 Å². The molecule has 7 nitrogen and oxygen atoms in total. The zero-order valence-electron chi connectivity index (χ0n) is 10.5. The maximum Gasteiger partial charge on any atom is 0.323 e. The Morgan fingerprint density at radius 2 is 2.00 bits per heavy atom. The minimum absolute atomic E-state index is 0.161. The summed E-state index contributed by atoms with van der Waals surface area (Å²) in [7, 11) is 1.65. The van der Waals surface area contributed by atoms with E-state index in [2.05, 4.69) is 15.0 Å². The average molecular weight is 241 g/mol. The van der Waals surface area contributed by atoms with Gasteiger partial charge < -0.3 is 20.1 Å². The van der Waals surface area contributed by atoms with E-state index in [1.54, 1.807) is 7.11 Å². The van der Waals surface area contributed by atoms with Gasteiger partial charge in [0.1, 0.15) is 0 Å². The van der Waals surface area contributed by atoms with Crippen molar-refractivity contribution < 1.29 is 9.47 Å². The zero-order chi connectivity index (χ0) is 12.7. The van der Waals surface area contributed by atoms with Crippen molar-refractivity contribution in [3.05, 3.63) is 0 Å². The number of hydrogen-bond donors (Lipinski definition) is 1. The van der Waals surface area contributed by atoms with Crippen LogP contribution in [0.3, 0.4) is 0 Å². The third-order valence-corrected chi connectivity index (χ3v) is 2.12. The summed E-state index contributed by atoms with van der Waals surface area (Å²) in [4.78, 5) is 14.1. The van der Waals surface area contributed by atoms with Crippen LogP contribution in [-0.4, -0.2) is 48.4 Å². The molecule has 0 radical (unpaired) electrons. The summed E-state index contributed by atoms with van der Waals surface area (Å²) in [6, 6.07) is 0.255. The predicted molar refractivity (Wildman–Crippen MR) is 65.2 cm³/mol. The van der Waals surface area contributed by atoms with E-state index in [1.165, 1.54) is 0 Å². The van der Waals surface area contributed by atoms with Crippen molar-refractivity contribution in [1.82, 2.24) is 15.0 Å². The van der Waals surface area contributed by atoms with Gasteiger partial charge in [-0.1, -0.05) is 0 Å². The lowest BCUT2D eigenvalue weighted by atomic mass is 10.5. The fourth-order valence-electron chi connectivity index (χ4n) is 1.30. The molecule has 96 valence electrons. The van der Waals surface area contributed by atoms with E-state index in [4.69, 9.17) is 15.2 Å². The van der Waals surface area contributed by atoms with Crippen molar-refractivity contribution in [3.63, 3.8) is 0 Å². The summed E-state index contributed by atoms with van der Waals surface area (Å²) in [5.74, 6) is 0.676. The zero-order valence-corrected chi connectivity index (χ0v) is 10.5. The van der Waals surface area contributed by atoms with Crippen molar-refractivity contribution in [2.45, 2.75) is 13.8 Å². The molecule has 7 heteroatoms. The van der Waals surface area contributed by atoms with Crippen LogP contribution in [0.5, 0.6) is 6.01 Å². The first kappa shape index (κ1) is 13.4. The van der Waals surface area contributed by atoms with Gasteiger partial charge in [0.25, 0.3) is 0 Å². The highest BCUT2D eigenvalue weighted by atomic mass is 16.5. The van der Waals surface area contributed by atoms with Gasteiger partial charge in [-0.15, -0.1) is 0 Å². The van der Waals surface area contributed by atoms with Gasteiger partial charge in [-0.2, -0.15) is 15.0 Å². The molecule has 0 saturated carbocycles. The Morgan fingerprint density at radius 3 is 2.59 bits per heavy atom. The molecule has 1 heterocycles. The molecule has 2 N–H and O–H groups in total. The van der Waals surface area contributed by atoms with E-state index in [9.17, 15) is 0 Å². The Hall–Kier alpha value is -1.63. The van der Waals surface area contributed by atoms with Crippen LogP contribution in [0.1, 0.15) is 13.8 Å². The predicted octanol–water partition coefficient (Wildman–Crippen LogP) is 0.325.